The van der Waals surface area contributed by atoms with E-state index in [9.17, 15) is 14.7 Å². The van der Waals surface area contributed by atoms with Crippen LogP contribution in [0.1, 0.15) is 53.5 Å². The van der Waals surface area contributed by atoms with Gasteiger partial charge in [-0.25, -0.2) is 4.79 Å². The van der Waals surface area contributed by atoms with Crippen molar-refractivity contribution in [2.24, 2.45) is 11.3 Å². The van der Waals surface area contributed by atoms with E-state index in [0.717, 1.165) is 5.56 Å². The second kappa shape index (κ2) is 5.80. The van der Waals surface area contributed by atoms with E-state index in [2.05, 4.69) is 26.1 Å². The summed E-state index contributed by atoms with van der Waals surface area (Å²) in [5.41, 5.74) is -0.0778. The first-order valence-electron chi connectivity index (χ1n) is 8.20. The number of carboxylic acid groups (broad SMARTS) is 1. The molecule has 5 heteroatoms. The van der Waals surface area contributed by atoms with Gasteiger partial charge >= 0.3 is 12.1 Å². The number of nitrogens with one attached hydrogen (secondary N) is 1. The van der Waals surface area contributed by atoms with Gasteiger partial charge in [-0.2, -0.15) is 0 Å². The van der Waals surface area contributed by atoms with Crippen LogP contribution in [-0.2, 0) is 14.9 Å². The fourth-order valence-corrected chi connectivity index (χ4v) is 3.26. The van der Waals surface area contributed by atoms with Crippen LogP contribution in [-0.4, -0.2) is 22.8 Å². The lowest BCUT2D eigenvalue weighted by Gasteiger charge is -2.23. The van der Waals surface area contributed by atoms with E-state index >= 15 is 0 Å². The summed E-state index contributed by atoms with van der Waals surface area (Å²) >= 11 is 0. The zero-order valence-corrected chi connectivity index (χ0v) is 15.3. The molecule has 24 heavy (non-hydrogen) atoms. The molecule has 1 aliphatic rings. The average molecular weight is 333 g/mol. The number of hydrogen-bond donors (Lipinski definition) is 2. The molecule has 2 rings (SSSR count). The molecule has 1 fully saturated rings. The van der Waals surface area contributed by atoms with E-state index in [1.807, 2.05) is 0 Å². The van der Waals surface area contributed by atoms with Gasteiger partial charge in [0.25, 0.3) is 0 Å². The number of rotatable bonds is 3. The van der Waals surface area contributed by atoms with Crippen LogP contribution in [0.5, 0.6) is 0 Å². The van der Waals surface area contributed by atoms with Crippen LogP contribution in [0.25, 0.3) is 0 Å². The van der Waals surface area contributed by atoms with Crippen LogP contribution in [0.2, 0.25) is 0 Å². The molecule has 0 saturated heterocycles. The molecule has 0 aliphatic heterocycles. The summed E-state index contributed by atoms with van der Waals surface area (Å²) in [6.45, 7) is 11.6. The number of carbonyl (C=O) groups excluding carboxylic acids is 1. The largest absolute Gasteiger partial charge is 0.481 e. The molecule has 0 aromatic heterocycles. The lowest BCUT2D eigenvalue weighted by Crippen LogP contribution is -2.28. The van der Waals surface area contributed by atoms with E-state index in [0.29, 0.717) is 12.1 Å². The van der Waals surface area contributed by atoms with Gasteiger partial charge < -0.3 is 9.84 Å². The zero-order chi connectivity index (χ0) is 18.3. The van der Waals surface area contributed by atoms with Crippen LogP contribution in [0.15, 0.2) is 24.3 Å². The number of aliphatic carboxylic acids is 1. The number of carboxylic acids is 1. The Kier molecular flexibility index (Phi) is 4.42. The first-order valence-corrected chi connectivity index (χ1v) is 8.20. The summed E-state index contributed by atoms with van der Waals surface area (Å²) in [4.78, 5) is 23.7. The maximum Gasteiger partial charge on any atom is 0.412 e. The molecule has 2 unspecified atom stereocenters. The number of amides is 1. The molecule has 2 atom stereocenters. The molecule has 1 amide bonds. The Hall–Kier alpha value is -2.04. The minimum absolute atomic E-state index is 0.0637. The standard InChI is InChI=1S/C19H27NO4/c1-17(2,3)14-11-19(14,15(21)22)12-7-9-13(10-8-12)20-16(23)24-18(4,5)6/h7-10,14H,11H2,1-6H3,(H,20,23)(H,21,22). The van der Waals surface area contributed by atoms with Crippen molar-refractivity contribution in [3.8, 4) is 0 Å². The van der Waals surface area contributed by atoms with E-state index < -0.39 is 23.1 Å². The van der Waals surface area contributed by atoms with Crippen molar-refractivity contribution < 1.29 is 19.4 Å². The number of carbonyl (C=O) groups is 2. The highest BCUT2D eigenvalue weighted by Gasteiger charge is 2.65. The van der Waals surface area contributed by atoms with Crippen molar-refractivity contribution in [3.05, 3.63) is 29.8 Å². The predicted molar refractivity (Wildman–Crippen MR) is 93.2 cm³/mol. The first-order chi connectivity index (χ1) is 10.9. The van der Waals surface area contributed by atoms with Crippen molar-refractivity contribution in [1.82, 2.24) is 0 Å². The smallest absolute Gasteiger partial charge is 0.412 e. The van der Waals surface area contributed by atoms with Crippen LogP contribution >= 0.6 is 0 Å². The topological polar surface area (TPSA) is 75.6 Å². The second-order valence-electron chi connectivity index (χ2n) is 8.60. The SMILES string of the molecule is CC(C)(C)OC(=O)Nc1ccc(C2(C(=O)O)CC2C(C)(C)C)cc1. The van der Waals surface area contributed by atoms with Crippen molar-refractivity contribution in [2.45, 2.75) is 59.0 Å². The van der Waals surface area contributed by atoms with Crippen LogP contribution < -0.4 is 5.32 Å². The molecule has 5 nitrogen and oxygen atoms in total. The maximum atomic E-state index is 11.9. The summed E-state index contributed by atoms with van der Waals surface area (Å²) in [7, 11) is 0. The van der Waals surface area contributed by atoms with Crippen LogP contribution in [0, 0.1) is 11.3 Å². The molecule has 2 N–H and O–H groups in total. The van der Waals surface area contributed by atoms with Crippen molar-refractivity contribution in [3.63, 3.8) is 0 Å². The normalized spacial score (nSPS) is 23.5. The first kappa shape index (κ1) is 18.3. The van der Waals surface area contributed by atoms with Crippen molar-refractivity contribution >= 4 is 17.7 Å². The average Bonchev–Trinajstić information content (AvgIpc) is 3.13. The molecule has 0 heterocycles. The highest BCUT2D eigenvalue weighted by Crippen LogP contribution is 2.62. The summed E-state index contributed by atoms with van der Waals surface area (Å²) in [6, 6.07) is 7.02. The van der Waals surface area contributed by atoms with Gasteiger partial charge in [-0.3, -0.25) is 10.1 Å². The highest BCUT2D eigenvalue weighted by atomic mass is 16.6. The summed E-state index contributed by atoms with van der Waals surface area (Å²) in [5, 5.41) is 12.4. The molecular weight excluding hydrogens is 306 g/mol. The molecule has 1 aromatic carbocycles. The van der Waals surface area contributed by atoms with Gasteiger partial charge in [0, 0.05) is 5.69 Å². The van der Waals surface area contributed by atoms with Gasteiger partial charge in [-0.15, -0.1) is 0 Å². The van der Waals surface area contributed by atoms with E-state index in [1.54, 1.807) is 45.0 Å². The Morgan fingerprint density at radius 1 is 1.12 bits per heavy atom. The fraction of sp³-hybridized carbons (Fsp3) is 0.579. The second-order valence-corrected chi connectivity index (χ2v) is 8.60. The molecule has 1 aromatic rings. The monoisotopic (exact) mass is 333 g/mol. The van der Waals surface area contributed by atoms with Crippen molar-refractivity contribution in [2.75, 3.05) is 5.32 Å². The number of anilines is 1. The van der Waals surface area contributed by atoms with Crippen LogP contribution in [0.4, 0.5) is 10.5 Å². The van der Waals surface area contributed by atoms with Gasteiger partial charge in [0.05, 0.1) is 5.41 Å². The van der Waals surface area contributed by atoms with Gasteiger partial charge in [0.15, 0.2) is 0 Å². The van der Waals surface area contributed by atoms with Gasteiger partial charge in [-0.05, 0) is 56.2 Å². The summed E-state index contributed by atoms with van der Waals surface area (Å²) in [5.74, 6) is -0.678. The molecule has 0 spiro atoms. The van der Waals surface area contributed by atoms with E-state index in [4.69, 9.17) is 4.74 Å². The van der Waals surface area contributed by atoms with Gasteiger partial charge in [0.1, 0.15) is 5.60 Å². The van der Waals surface area contributed by atoms with Crippen LogP contribution in [0.3, 0.4) is 0 Å². The minimum atomic E-state index is -0.817. The molecule has 1 aliphatic carbocycles. The number of hydrogen-bond acceptors (Lipinski definition) is 3. The molecule has 132 valence electrons. The van der Waals surface area contributed by atoms with E-state index in [-0.39, 0.29) is 11.3 Å². The molecular formula is C19H27NO4. The highest BCUT2D eigenvalue weighted by molar-refractivity contribution is 5.87. The third-order valence-corrected chi connectivity index (χ3v) is 4.43. The summed E-state index contributed by atoms with van der Waals surface area (Å²) in [6.07, 6.45) is 0.118. The molecule has 1 saturated carbocycles. The Labute approximate surface area is 143 Å². The zero-order valence-electron chi connectivity index (χ0n) is 15.3. The van der Waals surface area contributed by atoms with Gasteiger partial charge in [-0.1, -0.05) is 32.9 Å². The molecule has 0 radical (unpaired) electrons. The Morgan fingerprint density at radius 3 is 2.04 bits per heavy atom. The third kappa shape index (κ3) is 3.71. The Bertz CT molecular complexity index is 637. The lowest BCUT2D eigenvalue weighted by molar-refractivity contribution is -0.141. The van der Waals surface area contributed by atoms with Crippen molar-refractivity contribution in [1.29, 1.82) is 0 Å². The molecule has 0 bridgehead atoms. The third-order valence-electron chi connectivity index (χ3n) is 4.43. The number of ether oxygens (including phenoxy) is 1. The Balaban J connectivity index is 2.15. The lowest BCUT2D eigenvalue weighted by atomic mass is 9.81. The quantitative estimate of drug-likeness (QED) is 0.858. The Morgan fingerprint density at radius 2 is 1.67 bits per heavy atom. The number of benzene rings is 1. The van der Waals surface area contributed by atoms with Gasteiger partial charge in [0.2, 0.25) is 0 Å². The predicted octanol–water partition coefficient (Wildman–Crippen LogP) is 4.42. The fourth-order valence-electron chi connectivity index (χ4n) is 3.26. The maximum absolute atomic E-state index is 11.9. The van der Waals surface area contributed by atoms with E-state index in [1.165, 1.54) is 0 Å². The summed E-state index contributed by atoms with van der Waals surface area (Å²) < 4.78 is 5.21. The minimum Gasteiger partial charge on any atom is -0.481 e.